The quantitative estimate of drug-likeness (QED) is 0.0801. The fourth-order valence-corrected chi connectivity index (χ4v) is 6.74. The summed E-state index contributed by atoms with van der Waals surface area (Å²) in [6.45, 7) is 40.8. The van der Waals surface area contributed by atoms with Crippen molar-refractivity contribution in [2.75, 3.05) is 5.83 Å². The molecular formula is C72H94BBrO2Y2-4. The van der Waals surface area contributed by atoms with Crippen LogP contribution < -0.4 is 0 Å². The van der Waals surface area contributed by atoms with Crippen LogP contribution in [0, 0.1) is 25.3 Å². The van der Waals surface area contributed by atoms with E-state index in [1.54, 1.807) is 6.92 Å². The van der Waals surface area contributed by atoms with Crippen molar-refractivity contribution in [1.82, 2.24) is 0 Å². The summed E-state index contributed by atoms with van der Waals surface area (Å²) in [7, 11) is -1.12. The third-order valence-corrected chi connectivity index (χ3v) is 9.49. The van der Waals surface area contributed by atoms with Crippen molar-refractivity contribution < 1.29 is 75.5 Å². The minimum Gasteiger partial charge on any atom is -0.427 e. The van der Waals surface area contributed by atoms with Gasteiger partial charge in [0, 0.05) is 65.4 Å². The van der Waals surface area contributed by atoms with Crippen molar-refractivity contribution in [3.8, 4) is 0 Å². The van der Waals surface area contributed by atoms with Crippen LogP contribution in [0.25, 0.3) is 76.8 Å². The van der Waals surface area contributed by atoms with Gasteiger partial charge in [0.05, 0.1) is 0 Å². The summed E-state index contributed by atoms with van der Waals surface area (Å²) >= 11 is 2.94. The van der Waals surface area contributed by atoms with E-state index in [0.29, 0.717) is 6.32 Å². The molecule has 0 aliphatic rings. The van der Waals surface area contributed by atoms with Gasteiger partial charge in [0.2, 0.25) is 0 Å². The average Bonchev–Trinajstić information content (AvgIpc) is 3.52. The second kappa shape index (κ2) is 57.6. The molecule has 2 N–H and O–H groups in total. The Morgan fingerprint density at radius 1 is 0.333 bits per heavy atom. The van der Waals surface area contributed by atoms with E-state index in [1.165, 1.54) is 96.0 Å². The molecule has 0 atom stereocenters. The van der Waals surface area contributed by atoms with Gasteiger partial charge in [-0.15, -0.1) is 12.1 Å². The van der Waals surface area contributed by atoms with Crippen LogP contribution in [0.4, 0.5) is 0 Å². The van der Waals surface area contributed by atoms with Gasteiger partial charge in [-0.3, -0.25) is 0 Å². The minimum atomic E-state index is -1.12. The maximum Gasteiger partial charge on any atom is 0.451 e. The standard InChI is InChI=1S/2C18H12.2C8H6.3C3H8.C2H7BO2.4C2H6.CH3Br.2Y/c2*1-2-8-14-13(7-1)15-9-3-4-11-17(15)18-12-6-5-10-16(14)18;2*1-2-8-6-4-3-5-7-8;3*1-3-2;1-2-3(4)5;5*1-2;;/h2*1-12H;2*1-6H;3*3H2,1-2H3;4-5H,2H2,1H3;4*1-2H3;1H3;;/q;;2*-2;;;;;;;;;;;. The van der Waals surface area contributed by atoms with Gasteiger partial charge in [-0.2, -0.15) is 24.3 Å². The number of alkyl halides is 1. The molecule has 2 radical (unpaired) electrons. The third-order valence-electron chi connectivity index (χ3n) is 9.49. The second-order valence-electron chi connectivity index (χ2n) is 15.3. The molecule has 0 aliphatic carbocycles. The van der Waals surface area contributed by atoms with E-state index in [0.717, 1.165) is 11.1 Å². The zero-order chi connectivity index (χ0) is 57.9. The Bertz CT molecular complexity index is 2280. The third kappa shape index (κ3) is 31.1. The average molecular weight is 1260 g/mol. The number of benzene rings is 10. The van der Waals surface area contributed by atoms with E-state index < -0.39 is 7.12 Å². The summed E-state index contributed by atoms with van der Waals surface area (Å²) in [6.07, 6.45) is 7.22. The molecule has 0 saturated heterocycles. The van der Waals surface area contributed by atoms with Crippen LogP contribution >= 0.6 is 15.9 Å². The van der Waals surface area contributed by atoms with Gasteiger partial charge in [0.15, 0.2) is 0 Å². The van der Waals surface area contributed by atoms with Gasteiger partial charge in [-0.25, -0.2) is 24.3 Å². The van der Waals surface area contributed by atoms with E-state index in [2.05, 4.69) is 215 Å². The summed E-state index contributed by atoms with van der Waals surface area (Å²) < 4.78 is 0. The zero-order valence-corrected chi connectivity index (χ0v) is 57.9. The first-order chi connectivity index (χ1) is 37.3. The molecule has 10 aromatic rings. The Hall–Kier alpha value is -4.09. The van der Waals surface area contributed by atoms with Crippen LogP contribution in [0.5, 0.6) is 0 Å². The minimum absolute atomic E-state index is 0. The molecule has 0 aliphatic heterocycles. The van der Waals surface area contributed by atoms with Crippen LogP contribution in [0.1, 0.15) is 134 Å². The first-order valence-corrected chi connectivity index (χ1v) is 29.2. The molecule has 0 unspecified atom stereocenters. The summed E-state index contributed by atoms with van der Waals surface area (Å²) in [4.78, 5) is 0. The molecule has 0 amide bonds. The van der Waals surface area contributed by atoms with Crippen LogP contribution in [-0.2, 0) is 65.4 Å². The monoisotopic (exact) mass is 1260 g/mol. The fraction of sp³-hybridized carbons (Fsp3) is 0.278. The molecule has 0 heterocycles. The van der Waals surface area contributed by atoms with E-state index in [-0.39, 0.29) is 65.4 Å². The van der Waals surface area contributed by atoms with Crippen molar-refractivity contribution >= 4 is 99.8 Å². The van der Waals surface area contributed by atoms with E-state index in [4.69, 9.17) is 23.2 Å². The van der Waals surface area contributed by atoms with Gasteiger partial charge < -0.3 is 46.5 Å². The van der Waals surface area contributed by atoms with Crippen LogP contribution in [0.2, 0.25) is 6.32 Å². The van der Waals surface area contributed by atoms with E-state index >= 15 is 0 Å². The van der Waals surface area contributed by atoms with E-state index in [9.17, 15) is 0 Å². The number of hydrogen-bond acceptors (Lipinski definition) is 2. The smallest absolute Gasteiger partial charge is 0.427 e. The molecule has 2 nitrogen and oxygen atoms in total. The van der Waals surface area contributed by atoms with Crippen LogP contribution in [0.15, 0.2) is 194 Å². The van der Waals surface area contributed by atoms with Crippen molar-refractivity contribution in [2.24, 2.45) is 0 Å². The molecule has 6 heteroatoms. The molecule has 0 spiro atoms. The fourth-order valence-electron chi connectivity index (χ4n) is 6.74. The molecule has 414 valence electrons. The second-order valence-corrected chi connectivity index (χ2v) is 15.3. The molecule has 0 aromatic heterocycles. The molecule has 78 heavy (non-hydrogen) atoms. The van der Waals surface area contributed by atoms with Gasteiger partial charge in [0.1, 0.15) is 0 Å². The Labute approximate surface area is 535 Å². The Balaban J connectivity index is -0.000000275. The largest absolute Gasteiger partial charge is 0.451 e. The van der Waals surface area contributed by atoms with Gasteiger partial charge in [-0.1, -0.05) is 285 Å². The number of rotatable bonds is 3. The molecule has 10 aromatic carbocycles. The normalized spacial score (nSPS) is 8.55. The summed E-state index contributed by atoms with van der Waals surface area (Å²) in [5.74, 6) is 1.81. The predicted molar refractivity (Wildman–Crippen MR) is 355 cm³/mol. The summed E-state index contributed by atoms with van der Waals surface area (Å²) in [6, 6.07) is 72.9. The van der Waals surface area contributed by atoms with Crippen molar-refractivity contribution in [2.45, 2.75) is 129 Å². The SMILES string of the molecule is CBr.CC.CC.CC.CC.CCB(O)O.CCC.CCC.CCC.[CH-]=Cc1[c-]cccc1.[CH-]=Cc1[c-]cccc1.[Y].[Y].c1ccc2c(c1)c1ccccc1c1ccccc21.c1ccc2c(c1)c1ccccc1c1ccccc21. The Morgan fingerprint density at radius 3 is 0.538 bits per heavy atom. The first kappa shape index (κ1) is 82.7. The maximum atomic E-state index is 7.92. The maximum absolute atomic E-state index is 7.92. The summed E-state index contributed by atoms with van der Waals surface area (Å²) in [5, 5.41) is 31.9. The zero-order valence-electron chi connectivity index (χ0n) is 50.6. The Morgan fingerprint density at radius 2 is 0.462 bits per heavy atom. The molecule has 0 fully saturated rings. The summed E-state index contributed by atoms with van der Waals surface area (Å²) in [5.41, 5.74) is 1.88. The number of hydrogen-bond donors (Lipinski definition) is 2. The molecular weight excluding hydrogens is 1170 g/mol. The van der Waals surface area contributed by atoms with Gasteiger partial charge in [0.25, 0.3) is 0 Å². The predicted octanol–water partition coefficient (Wildman–Crippen LogP) is 23.0. The molecule has 0 saturated carbocycles. The van der Waals surface area contributed by atoms with Crippen molar-refractivity contribution in [3.63, 3.8) is 0 Å². The Kier molecular flexibility index (Phi) is 61.1. The molecule has 10 rings (SSSR count). The van der Waals surface area contributed by atoms with Gasteiger partial charge in [-0.05, 0) is 76.8 Å². The van der Waals surface area contributed by atoms with Crippen LogP contribution in [0.3, 0.4) is 0 Å². The number of fused-ring (bicyclic) bond motifs is 12. The van der Waals surface area contributed by atoms with Crippen molar-refractivity contribution in [3.05, 3.63) is 231 Å². The number of halogens is 1. The van der Waals surface area contributed by atoms with Gasteiger partial charge >= 0.3 is 7.12 Å². The molecule has 0 bridgehead atoms. The van der Waals surface area contributed by atoms with Crippen LogP contribution in [-0.4, -0.2) is 23.0 Å². The van der Waals surface area contributed by atoms with Crippen molar-refractivity contribution in [1.29, 1.82) is 0 Å². The topological polar surface area (TPSA) is 40.5 Å². The first-order valence-electron chi connectivity index (χ1n) is 27.6. The van der Waals surface area contributed by atoms with E-state index in [1.807, 2.05) is 110 Å².